The number of nitrogens with one attached hydrogen (secondary N) is 1. The lowest BCUT2D eigenvalue weighted by Crippen LogP contribution is -2.32. The molecule has 3 heterocycles. The molecule has 1 aromatic carbocycles. The lowest BCUT2D eigenvalue weighted by molar-refractivity contribution is -0.113. The highest BCUT2D eigenvalue weighted by atomic mass is 32.2. The molecule has 8 heteroatoms. The number of nitrogens with zero attached hydrogens (tertiary/aromatic N) is 3. The number of aryl methyl sites for hydroxylation is 2. The fraction of sp³-hybridized carbons (Fsp3) is 0.409. The first-order valence-electron chi connectivity index (χ1n) is 10.0. The van der Waals surface area contributed by atoms with Crippen molar-refractivity contribution in [2.75, 3.05) is 35.7 Å². The molecule has 1 fully saturated rings. The van der Waals surface area contributed by atoms with Crippen LogP contribution in [0.5, 0.6) is 0 Å². The van der Waals surface area contributed by atoms with Gasteiger partial charge in [-0.05, 0) is 43.5 Å². The van der Waals surface area contributed by atoms with Gasteiger partial charge in [-0.2, -0.15) is 11.8 Å². The second kappa shape index (κ2) is 9.68. The van der Waals surface area contributed by atoms with Gasteiger partial charge in [-0.1, -0.05) is 23.9 Å². The van der Waals surface area contributed by atoms with E-state index in [4.69, 9.17) is 0 Å². The van der Waals surface area contributed by atoms with Gasteiger partial charge in [0.05, 0.1) is 5.75 Å². The zero-order valence-corrected chi connectivity index (χ0v) is 20.0. The van der Waals surface area contributed by atoms with Crippen LogP contribution in [0.3, 0.4) is 0 Å². The standard InChI is InChI=1S/C22H26N4OS3/c1-14-16(3)30-22-20(14)21(23-13-24-22)29-12-19(27)25-18-6-4-5-17(15(18)2)11-26-7-9-28-10-8-26/h4-6,13H,7-12H2,1-3H3,(H,25,27). The molecule has 2 aromatic heterocycles. The summed E-state index contributed by atoms with van der Waals surface area (Å²) < 4.78 is 0. The van der Waals surface area contributed by atoms with Gasteiger partial charge in [0, 0.05) is 47.1 Å². The number of hydrogen-bond acceptors (Lipinski definition) is 7. The second-order valence-corrected chi connectivity index (χ2v) is 10.8. The van der Waals surface area contributed by atoms with Crippen LogP contribution < -0.4 is 5.32 Å². The first-order valence-corrected chi connectivity index (χ1v) is 13.0. The summed E-state index contributed by atoms with van der Waals surface area (Å²) in [6.07, 6.45) is 1.59. The number of aromatic nitrogens is 2. The minimum absolute atomic E-state index is 0.00834. The molecule has 1 aliphatic rings. The van der Waals surface area contributed by atoms with Crippen LogP contribution in [-0.2, 0) is 11.3 Å². The van der Waals surface area contributed by atoms with Gasteiger partial charge in [0.1, 0.15) is 16.2 Å². The van der Waals surface area contributed by atoms with Gasteiger partial charge in [-0.15, -0.1) is 11.3 Å². The molecule has 3 aromatic rings. The molecule has 1 saturated heterocycles. The maximum absolute atomic E-state index is 12.7. The van der Waals surface area contributed by atoms with Crippen LogP contribution >= 0.6 is 34.9 Å². The van der Waals surface area contributed by atoms with Crippen molar-refractivity contribution in [3.8, 4) is 0 Å². The van der Waals surface area contributed by atoms with Crippen LogP contribution in [0.15, 0.2) is 29.6 Å². The first-order chi connectivity index (χ1) is 14.5. The van der Waals surface area contributed by atoms with Gasteiger partial charge < -0.3 is 5.32 Å². The van der Waals surface area contributed by atoms with E-state index in [0.29, 0.717) is 5.75 Å². The maximum Gasteiger partial charge on any atom is 0.234 e. The van der Waals surface area contributed by atoms with Crippen LogP contribution in [0.25, 0.3) is 10.2 Å². The summed E-state index contributed by atoms with van der Waals surface area (Å²) >= 11 is 5.18. The number of hydrogen-bond donors (Lipinski definition) is 1. The van der Waals surface area contributed by atoms with E-state index in [-0.39, 0.29) is 5.91 Å². The van der Waals surface area contributed by atoms with Crippen LogP contribution in [-0.4, -0.2) is 51.1 Å². The zero-order chi connectivity index (χ0) is 21.1. The Labute approximate surface area is 190 Å². The normalized spacial score (nSPS) is 14.9. The fourth-order valence-corrected chi connectivity index (χ4v) is 6.47. The predicted octanol–water partition coefficient (Wildman–Crippen LogP) is 4.90. The topological polar surface area (TPSA) is 58.1 Å². The van der Waals surface area contributed by atoms with Gasteiger partial charge in [0.15, 0.2) is 0 Å². The van der Waals surface area contributed by atoms with E-state index >= 15 is 0 Å². The Morgan fingerprint density at radius 1 is 1.17 bits per heavy atom. The molecule has 30 heavy (non-hydrogen) atoms. The van der Waals surface area contributed by atoms with Crippen LogP contribution in [0.1, 0.15) is 21.6 Å². The van der Waals surface area contributed by atoms with E-state index in [0.717, 1.165) is 46.1 Å². The Morgan fingerprint density at radius 2 is 1.97 bits per heavy atom. The van der Waals surface area contributed by atoms with Crippen LogP contribution in [0.2, 0.25) is 0 Å². The van der Waals surface area contributed by atoms with Crippen molar-refractivity contribution in [1.29, 1.82) is 0 Å². The molecule has 1 N–H and O–H groups in total. The largest absolute Gasteiger partial charge is 0.325 e. The van der Waals surface area contributed by atoms with Crippen LogP contribution in [0.4, 0.5) is 5.69 Å². The summed E-state index contributed by atoms with van der Waals surface area (Å²) in [6, 6.07) is 6.19. The van der Waals surface area contributed by atoms with Gasteiger partial charge in [-0.25, -0.2) is 9.97 Å². The Hall–Kier alpha value is -1.61. The number of amides is 1. The summed E-state index contributed by atoms with van der Waals surface area (Å²) in [5.74, 6) is 2.72. The van der Waals surface area contributed by atoms with Gasteiger partial charge in [-0.3, -0.25) is 9.69 Å². The third-order valence-electron chi connectivity index (χ3n) is 5.49. The summed E-state index contributed by atoms with van der Waals surface area (Å²) in [7, 11) is 0. The molecule has 5 nitrogen and oxygen atoms in total. The van der Waals surface area contributed by atoms with E-state index < -0.39 is 0 Å². The van der Waals surface area contributed by atoms with E-state index in [1.54, 1.807) is 17.7 Å². The minimum Gasteiger partial charge on any atom is -0.325 e. The quantitative estimate of drug-likeness (QED) is 0.419. The number of rotatable bonds is 6. The average molecular weight is 459 g/mol. The average Bonchev–Trinajstić information content (AvgIpc) is 3.04. The van der Waals surface area contributed by atoms with Crippen molar-refractivity contribution in [2.24, 2.45) is 0 Å². The molecular formula is C22H26N4OS3. The summed E-state index contributed by atoms with van der Waals surface area (Å²) in [4.78, 5) is 26.2. The van der Waals surface area contributed by atoms with Gasteiger partial charge in [0.25, 0.3) is 0 Å². The van der Waals surface area contributed by atoms with Crippen molar-refractivity contribution >= 4 is 56.7 Å². The van der Waals surface area contributed by atoms with Crippen molar-refractivity contribution in [2.45, 2.75) is 32.3 Å². The predicted molar refractivity (Wildman–Crippen MR) is 130 cm³/mol. The first kappa shape index (κ1) is 21.6. The minimum atomic E-state index is -0.00834. The maximum atomic E-state index is 12.7. The molecule has 1 aliphatic heterocycles. The van der Waals surface area contributed by atoms with E-state index in [1.165, 1.54) is 39.3 Å². The van der Waals surface area contributed by atoms with E-state index in [2.05, 4.69) is 47.0 Å². The Kier molecular flexibility index (Phi) is 6.98. The second-order valence-electron chi connectivity index (χ2n) is 7.46. The molecule has 0 saturated carbocycles. The third-order valence-corrected chi connectivity index (χ3v) is 8.54. The summed E-state index contributed by atoms with van der Waals surface area (Å²) in [5.41, 5.74) is 4.55. The summed E-state index contributed by atoms with van der Waals surface area (Å²) in [6.45, 7) is 9.50. The van der Waals surface area contributed by atoms with Gasteiger partial charge in [0.2, 0.25) is 5.91 Å². The van der Waals surface area contributed by atoms with E-state index in [9.17, 15) is 4.79 Å². The molecule has 0 unspecified atom stereocenters. The molecule has 1 amide bonds. The number of carbonyl (C=O) groups excluding carboxylic acids is 1. The number of fused-ring (bicyclic) bond motifs is 1. The molecule has 0 bridgehead atoms. The molecule has 0 spiro atoms. The SMILES string of the molecule is Cc1sc2ncnc(SCC(=O)Nc3cccc(CN4CCSCC4)c3C)c2c1C. The molecule has 0 atom stereocenters. The molecule has 158 valence electrons. The smallest absolute Gasteiger partial charge is 0.234 e. The zero-order valence-electron chi connectivity index (χ0n) is 17.5. The summed E-state index contributed by atoms with van der Waals surface area (Å²) in [5, 5.41) is 5.06. The molecule has 0 radical (unpaired) electrons. The van der Waals surface area contributed by atoms with Crippen molar-refractivity contribution < 1.29 is 4.79 Å². The highest BCUT2D eigenvalue weighted by Gasteiger charge is 2.16. The third kappa shape index (κ3) is 4.82. The molecular weight excluding hydrogens is 432 g/mol. The number of benzene rings is 1. The number of thioether (sulfide) groups is 2. The number of carbonyl (C=O) groups is 1. The Balaban J connectivity index is 1.41. The fourth-order valence-electron chi connectivity index (χ4n) is 3.57. The van der Waals surface area contributed by atoms with Crippen molar-refractivity contribution in [3.63, 3.8) is 0 Å². The molecule has 0 aliphatic carbocycles. The van der Waals surface area contributed by atoms with Crippen LogP contribution in [0, 0.1) is 20.8 Å². The number of thiophene rings is 1. The van der Waals surface area contributed by atoms with Crippen molar-refractivity contribution in [3.05, 3.63) is 46.1 Å². The van der Waals surface area contributed by atoms with Gasteiger partial charge >= 0.3 is 0 Å². The molecule has 4 rings (SSSR count). The number of anilines is 1. The Morgan fingerprint density at radius 3 is 2.77 bits per heavy atom. The highest BCUT2D eigenvalue weighted by Crippen LogP contribution is 2.34. The van der Waals surface area contributed by atoms with Crippen molar-refractivity contribution in [1.82, 2.24) is 14.9 Å². The lowest BCUT2D eigenvalue weighted by atomic mass is 10.1. The lowest BCUT2D eigenvalue weighted by Gasteiger charge is -2.27. The Bertz CT molecular complexity index is 1060. The monoisotopic (exact) mass is 458 g/mol. The highest BCUT2D eigenvalue weighted by molar-refractivity contribution is 8.00. The van der Waals surface area contributed by atoms with E-state index in [1.807, 2.05) is 23.9 Å².